The topological polar surface area (TPSA) is 113 Å². The molecule has 192 valence electrons. The van der Waals surface area contributed by atoms with E-state index in [4.69, 9.17) is 4.74 Å². The van der Waals surface area contributed by atoms with Crippen LogP contribution in [0.3, 0.4) is 0 Å². The summed E-state index contributed by atoms with van der Waals surface area (Å²) in [6.45, 7) is 2.96. The average molecular weight is 488 g/mol. The number of non-ortho nitro benzene ring substituents is 1. The first kappa shape index (κ1) is 25.4. The lowest BCUT2D eigenvalue weighted by Gasteiger charge is -2.37. The summed E-state index contributed by atoms with van der Waals surface area (Å²) in [4.78, 5) is 38.7. The Morgan fingerprint density at radius 3 is 2.37 bits per heavy atom. The second kappa shape index (κ2) is 11.4. The van der Waals surface area contributed by atoms with Crippen molar-refractivity contribution in [3.8, 4) is 0 Å². The highest BCUT2D eigenvalue weighted by Gasteiger charge is 2.39. The van der Waals surface area contributed by atoms with Gasteiger partial charge in [-0.05, 0) is 74.0 Å². The average Bonchev–Trinajstić information content (AvgIpc) is 3.57. The number of nitro benzene ring substituents is 1. The van der Waals surface area contributed by atoms with Crippen molar-refractivity contribution in [3.63, 3.8) is 0 Å². The molecule has 2 aliphatic carbocycles. The Bertz CT molecular complexity index is 895. The number of carboxylic acid groups (broad SMARTS) is 1. The normalized spacial score (nSPS) is 24.1. The summed E-state index contributed by atoms with van der Waals surface area (Å²) < 4.78 is 5.42. The fourth-order valence-electron chi connectivity index (χ4n) is 5.82. The van der Waals surface area contributed by atoms with E-state index in [1.165, 1.54) is 25.0 Å². The molecule has 9 heteroatoms. The number of hydrogen-bond donors (Lipinski definition) is 1. The van der Waals surface area contributed by atoms with E-state index in [9.17, 15) is 24.8 Å². The highest BCUT2D eigenvalue weighted by molar-refractivity contribution is 5.70. The molecule has 9 nitrogen and oxygen atoms in total. The fraction of sp³-hybridized carbons (Fsp3) is 0.692. The number of ether oxygens (including phenoxy) is 1. The van der Waals surface area contributed by atoms with E-state index < -0.39 is 10.9 Å². The molecule has 2 unspecified atom stereocenters. The molecule has 1 saturated heterocycles. The molecule has 4 rings (SSSR count). The second-order valence-corrected chi connectivity index (χ2v) is 10.7. The summed E-state index contributed by atoms with van der Waals surface area (Å²) in [5, 5.41) is 20.5. The predicted molar refractivity (Wildman–Crippen MR) is 130 cm³/mol. The first-order chi connectivity index (χ1) is 16.8. The molecule has 0 spiro atoms. The zero-order valence-electron chi connectivity index (χ0n) is 20.5. The molecule has 1 amide bonds. The quantitative estimate of drug-likeness (QED) is 0.381. The molecule has 1 heterocycles. The van der Waals surface area contributed by atoms with Gasteiger partial charge in [0, 0.05) is 44.9 Å². The monoisotopic (exact) mass is 487 g/mol. The fourth-order valence-corrected chi connectivity index (χ4v) is 5.82. The van der Waals surface area contributed by atoms with E-state index in [1.807, 2.05) is 0 Å². The maximum absolute atomic E-state index is 12.5. The van der Waals surface area contributed by atoms with Gasteiger partial charge in [0.05, 0.1) is 10.8 Å². The van der Waals surface area contributed by atoms with Gasteiger partial charge in [0.2, 0.25) is 0 Å². The van der Waals surface area contributed by atoms with Crippen LogP contribution < -0.4 is 0 Å². The smallest absolute Gasteiger partial charge is 0.410 e. The minimum absolute atomic E-state index is 0.0111. The standard InChI is InChI=1S/C26H37N3O6/c1-27(26(32)35-17-19-5-8-23(9-6-19)29(33)34)22-10-12-28(13-11-22)16-20-4-7-21(14-20)24(25(30)31)15-18-2-3-18/h5-6,8-9,18,20-22,24H,2-4,7,10-17H2,1H3,(H,30,31)/t20-,21?,24?/m1/s1. The largest absolute Gasteiger partial charge is 0.481 e. The van der Waals surface area contributed by atoms with Crippen LogP contribution in [-0.2, 0) is 16.1 Å². The summed E-state index contributed by atoms with van der Waals surface area (Å²) in [6, 6.07) is 6.14. The molecule has 35 heavy (non-hydrogen) atoms. The van der Waals surface area contributed by atoms with Crippen LogP contribution >= 0.6 is 0 Å². The molecule has 1 aromatic rings. The molecular formula is C26H37N3O6. The van der Waals surface area contributed by atoms with Gasteiger partial charge in [-0.1, -0.05) is 12.8 Å². The Morgan fingerprint density at radius 1 is 1.11 bits per heavy atom. The molecule has 1 aliphatic heterocycles. The lowest BCUT2D eigenvalue weighted by molar-refractivity contribution is -0.384. The number of benzene rings is 1. The molecular weight excluding hydrogens is 450 g/mol. The Labute approximate surface area is 206 Å². The van der Waals surface area contributed by atoms with Crippen molar-refractivity contribution in [1.82, 2.24) is 9.80 Å². The van der Waals surface area contributed by atoms with Crippen LogP contribution in [-0.4, -0.2) is 64.6 Å². The van der Waals surface area contributed by atoms with Crippen molar-refractivity contribution < 1.29 is 24.4 Å². The van der Waals surface area contributed by atoms with Crippen molar-refractivity contribution in [2.75, 3.05) is 26.7 Å². The van der Waals surface area contributed by atoms with E-state index >= 15 is 0 Å². The lowest BCUT2D eigenvalue weighted by atomic mass is 9.86. The number of carbonyl (C=O) groups excluding carboxylic acids is 1. The summed E-state index contributed by atoms with van der Waals surface area (Å²) in [6.07, 6.45) is 7.85. The molecule has 3 aliphatic rings. The van der Waals surface area contributed by atoms with Crippen molar-refractivity contribution in [3.05, 3.63) is 39.9 Å². The molecule has 0 bridgehead atoms. The third-order valence-corrected chi connectivity index (χ3v) is 8.17. The Morgan fingerprint density at radius 2 is 1.77 bits per heavy atom. The van der Waals surface area contributed by atoms with E-state index in [0.717, 1.165) is 58.2 Å². The van der Waals surface area contributed by atoms with Crippen LogP contribution in [0.25, 0.3) is 0 Å². The van der Waals surface area contributed by atoms with Gasteiger partial charge < -0.3 is 19.6 Å². The molecule has 1 aromatic carbocycles. The molecule has 0 aromatic heterocycles. The van der Waals surface area contributed by atoms with Crippen LogP contribution in [0.15, 0.2) is 24.3 Å². The van der Waals surface area contributed by atoms with Crippen molar-refractivity contribution in [2.24, 2.45) is 23.7 Å². The number of nitrogens with zero attached hydrogens (tertiary/aromatic N) is 3. The number of carboxylic acids is 1. The lowest BCUT2D eigenvalue weighted by Crippen LogP contribution is -2.46. The number of amides is 1. The molecule has 3 fully saturated rings. The third-order valence-electron chi connectivity index (χ3n) is 8.17. The van der Waals surface area contributed by atoms with Gasteiger partial charge in [-0.15, -0.1) is 0 Å². The second-order valence-electron chi connectivity index (χ2n) is 10.7. The zero-order valence-corrected chi connectivity index (χ0v) is 20.5. The first-order valence-electron chi connectivity index (χ1n) is 12.9. The third kappa shape index (κ3) is 6.93. The van der Waals surface area contributed by atoms with Gasteiger partial charge in [-0.2, -0.15) is 0 Å². The maximum Gasteiger partial charge on any atom is 0.410 e. The Hall–Kier alpha value is -2.68. The van der Waals surface area contributed by atoms with Crippen molar-refractivity contribution in [2.45, 2.75) is 64.0 Å². The Kier molecular flexibility index (Phi) is 8.26. The zero-order chi connectivity index (χ0) is 24.9. The SMILES string of the molecule is CN(C(=O)OCc1ccc([N+](=O)[O-])cc1)C1CCN(C[C@@H]2CCC(C(CC3CC3)C(=O)O)C2)CC1. The van der Waals surface area contributed by atoms with Crippen LogP contribution in [0.4, 0.5) is 10.5 Å². The molecule has 0 radical (unpaired) electrons. The minimum atomic E-state index is -0.605. The highest BCUT2D eigenvalue weighted by Crippen LogP contribution is 2.43. The summed E-state index contributed by atoms with van der Waals surface area (Å²) in [7, 11) is 1.77. The summed E-state index contributed by atoms with van der Waals surface area (Å²) in [5.41, 5.74) is 0.723. The number of likely N-dealkylation sites (tertiary alicyclic amines) is 1. The Balaban J connectivity index is 1.16. The summed E-state index contributed by atoms with van der Waals surface area (Å²) in [5.74, 6) is 0.775. The van der Waals surface area contributed by atoms with Crippen LogP contribution in [0.1, 0.15) is 56.9 Å². The van der Waals surface area contributed by atoms with Crippen LogP contribution in [0, 0.1) is 33.8 Å². The van der Waals surface area contributed by atoms with Crippen LogP contribution in [0.2, 0.25) is 0 Å². The van der Waals surface area contributed by atoms with Crippen LogP contribution in [0.5, 0.6) is 0 Å². The van der Waals surface area contributed by atoms with E-state index in [-0.39, 0.29) is 30.3 Å². The number of rotatable bonds is 10. The van der Waals surface area contributed by atoms with Crippen molar-refractivity contribution in [1.29, 1.82) is 0 Å². The van der Waals surface area contributed by atoms with Gasteiger partial charge in [0.1, 0.15) is 6.61 Å². The van der Waals surface area contributed by atoms with Crippen molar-refractivity contribution >= 4 is 17.7 Å². The number of nitro groups is 1. The number of hydrogen-bond acceptors (Lipinski definition) is 6. The van der Waals surface area contributed by atoms with E-state index in [1.54, 1.807) is 24.1 Å². The van der Waals surface area contributed by atoms with E-state index in [0.29, 0.717) is 23.3 Å². The van der Waals surface area contributed by atoms with Gasteiger partial charge in [0.15, 0.2) is 0 Å². The van der Waals surface area contributed by atoms with Gasteiger partial charge >= 0.3 is 12.1 Å². The molecule has 1 N–H and O–H groups in total. The summed E-state index contributed by atoms with van der Waals surface area (Å²) >= 11 is 0. The first-order valence-corrected chi connectivity index (χ1v) is 12.9. The minimum Gasteiger partial charge on any atom is -0.481 e. The van der Waals surface area contributed by atoms with Gasteiger partial charge in [-0.25, -0.2) is 4.79 Å². The van der Waals surface area contributed by atoms with Gasteiger partial charge in [-0.3, -0.25) is 14.9 Å². The number of carbonyl (C=O) groups is 2. The van der Waals surface area contributed by atoms with Gasteiger partial charge in [0.25, 0.3) is 5.69 Å². The molecule has 2 saturated carbocycles. The predicted octanol–water partition coefficient (Wildman–Crippen LogP) is 4.54. The maximum atomic E-state index is 12.5. The highest BCUT2D eigenvalue weighted by atomic mass is 16.6. The molecule has 3 atom stereocenters. The number of piperidine rings is 1. The number of aliphatic carboxylic acids is 1. The van der Waals surface area contributed by atoms with E-state index in [2.05, 4.69) is 4.90 Å².